The minimum Gasteiger partial charge on any atom is -0.348 e. The predicted molar refractivity (Wildman–Crippen MR) is 81.1 cm³/mol. The van der Waals surface area contributed by atoms with E-state index in [1.807, 2.05) is 0 Å². The van der Waals surface area contributed by atoms with Gasteiger partial charge in [-0.1, -0.05) is 11.6 Å². The minimum atomic E-state index is -0.137. The first kappa shape index (κ1) is 15.3. The van der Waals surface area contributed by atoms with Gasteiger partial charge in [0.05, 0.1) is 0 Å². The van der Waals surface area contributed by atoms with E-state index in [-0.39, 0.29) is 17.5 Å². The average Bonchev–Trinajstić information content (AvgIpc) is 2.38. The summed E-state index contributed by atoms with van der Waals surface area (Å²) in [4.78, 5) is 18.6. The van der Waals surface area contributed by atoms with Gasteiger partial charge in [0.15, 0.2) is 0 Å². The number of nitrogens with zero attached hydrogens (tertiary/aromatic N) is 2. The third kappa shape index (κ3) is 3.93. The molecule has 1 aliphatic heterocycles. The van der Waals surface area contributed by atoms with Crippen molar-refractivity contribution in [1.29, 1.82) is 0 Å². The lowest BCUT2D eigenvalue weighted by Crippen LogP contribution is -2.50. The monoisotopic (exact) mass is 295 g/mol. The Kier molecular flexibility index (Phi) is 4.66. The van der Waals surface area contributed by atoms with E-state index in [0.717, 1.165) is 25.9 Å². The second-order valence-electron chi connectivity index (χ2n) is 6.26. The molecule has 2 heterocycles. The fourth-order valence-electron chi connectivity index (χ4n) is 2.48. The molecule has 0 bridgehead atoms. The van der Waals surface area contributed by atoms with E-state index in [1.165, 1.54) is 0 Å². The lowest BCUT2D eigenvalue weighted by molar-refractivity contribution is 0.0809. The molecular weight excluding hydrogens is 274 g/mol. The zero-order chi connectivity index (χ0) is 14.8. The van der Waals surface area contributed by atoms with Crippen molar-refractivity contribution in [3.63, 3.8) is 0 Å². The molecule has 0 radical (unpaired) electrons. The van der Waals surface area contributed by atoms with Crippen LogP contribution < -0.4 is 5.32 Å². The van der Waals surface area contributed by atoms with Gasteiger partial charge in [-0.05, 0) is 45.7 Å². The van der Waals surface area contributed by atoms with Crippen LogP contribution in [0.4, 0.5) is 0 Å². The molecule has 1 aliphatic rings. The van der Waals surface area contributed by atoms with E-state index in [1.54, 1.807) is 18.3 Å². The molecule has 1 aromatic rings. The summed E-state index contributed by atoms with van der Waals surface area (Å²) < 4.78 is 0. The van der Waals surface area contributed by atoms with Crippen molar-refractivity contribution >= 4 is 17.5 Å². The number of halogens is 1. The van der Waals surface area contributed by atoms with E-state index in [9.17, 15) is 4.79 Å². The summed E-state index contributed by atoms with van der Waals surface area (Å²) in [6, 6.07) is 3.49. The summed E-state index contributed by atoms with van der Waals surface area (Å²) in [5.74, 6) is -0.137. The van der Waals surface area contributed by atoms with E-state index < -0.39 is 0 Å². The number of likely N-dealkylation sites (tertiary alicyclic amines) is 1. The molecule has 20 heavy (non-hydrogen) atoms. The highest BCUT2D eigenvalue weighted by Crippen LogP contribution is 2.20. The van der Waals surface area contributed by atoms with Crippen molar-refractivity contribution in [2.24, 2.45) is 0 Å². The Balaban J connectivity index is 1.88. The van der Waals surface area contributed by atoms with Gasteiger partial charge in [0, 0.05) is 35.9 Å². The van der Waals surface area contributed by atoms with Gasteiger partial charge in [-0.25, -0.2) is 0 Å². The van der Waals surface area contributed by atoms with Crippen molar-refractivity contribution < 1.29 is 4.79 Å². The number of rotatable bonds is 2. The number of piperidine rings is 1. The number of carbonyl (C=O) groups is 1. The number of hydrogen-bond acceptors (Lipinski definition) is 3. The average molecular weight is 296 g/mol. The molecule has 4 nitrogen and oxygen atoms in total. The number of aromatic nitrogens is 1. The maximum atomic E-state index is 12.1. The van der Waals surface area contributed by atoms with Crippen LogP contribution in [0, 0.1) is 0 Å². The molecule has 0 spiro atoms. The molecule has 0 atom stereocenters. The van der Waals surface area contributed by atoms with Crippen LogP contribution in [0.2, 0.25) is 5.02 Å². The highest BCUT2D eigenvalue weighted by Gasteiger charge is 2.27. The van der Waals surface area contributed by atoms with Crippen LogP contribution in [-0.2, 0) is 0 Å². The van der Waals surface area contributed by atoms with Crippen molar-refractivity contribution in [2.75, 3.05) is 13.1 Å². The molecule has 1 aromatic heterocycles. The zero-order valence-corrected chi connectivity index (χ0v) is 13.1. The highest BCUT2D eigenvalue weighted by molar-refractivity contribution is 6.30. The van der Waals surface area contributed by atoms with Crippen molar-refractivity contribution in [3.8, 4) is 0 Å². The quantitative estimate of drug-likeness (QED) is 0.912. The first-order chi connectivity index (χ1) is 9.36. The molecule has 1 amide bonds. The lowest BCUT2D eigenvalue weighted by Gasteiger charge is -2.41. The molecule has 0 unspecified atom stereocenters. The maximum absolute atomic E-state index is 12.1. The second-order valence-corrected chi connectivity index (χ2v) is 6.70. The third-order valence-corrected chi connectivity index (χ3v) is 3.97. The summed E-state index contributed by atoms with van der Waals surface area (Å²) in [6.45, 7) is 8.69. The first-order valence-corrected chi connectivity index (χ1v) is 7.41. The number of carbonyl (C=O) groups excluding carboxylic acids is 1. The van der Waals surface area contributed by atoms with Crippen LogP contribution in [0.3, 0.4) is 0 Å². The van der Waals surface area contributed by atoms with Crippen LogP contribution >= 0.6 is 11.6 Å². The Morgan fingerprint density at radius 3 is 2.60 bits per heavy atom. The fourth-order valence-corrected chi connectivity index (χ4v) is 2.64. The third-order valence-electron chi connectivity index (χ3n) is 3.73. The molecule has 1 fully saturated rings. The van der Waals surface area contributed by atoms with Crippen molar-refractivity contribution in [2.45, 2.75) is 45.2 Å². The van der Waals surface area contributed by atoms with Gasteiger partial charge in [-0.2, -0.15) is 0 Å². The Bertz CT molecular complexity index is 476. The molecular formula is C15H22ClN3O. The van der Waals surface area contributed by atoms with Crippen LogP contribution in [0.5, 0.6) is 0 Å². The summed E-state index contributed by atoms with van der Waals surface area (Å²) in [6.07, 6.45) is 3.51. The van der Waals surface area contributed by atoms with Crippen LogP contribution in [-0.4, -0.2) is 40.5 Å². The van der Waals surface area contributed by atoms with Crippen LogP contribution in [0.15, 0.2) is 18.3 Å². The Labute approximate surface area is 125 Å². The van der Waals surface area contributed by atoms with E-state index >= 15 is 0 Å². The summed E-state index contributed by atoms with van der Waals surface area (Å²) in [5.41, 5.74) is 0.583. The van der Waals surface area contributed by atoms with Crippen LogP contribution in [0.25, 0.3) is 0 Å². The van der Waals surface area contributed by atoms with Gasteiger partial charge >= 0.3 is 0 Å². The molecule has 1 saturated heterocycles. The largest absolute Gasteiger partial charge is 0.348 e. The standard InChI is InChI=1S/C15H22ClN3O/c1-15(2,3)19-8-5-12(6-9-19)18-14(20)13-10-11(16)4-7-17-13/h4,7,10,12H,5-6,8-9H2,1-3H3,(H,18,20). The van der Waals surface area contributed by atoms with Gasteiger partial charge in [0.1, 0.15) is 5.69 Å². The topological polar surface area (TPSA) is 45.2 Å². The number of pyridine rings is 1. The molecule has 1 N–H and O–H groups in total. The second kappa shape index (κ2) is 6.10. The number of nitrogens with one attached hydrogen (secondary N) is 1. The minimum absolute atomic E-state index is 0.137. The Morgan fingerprint density at radius 2 is 2.05 bits per heavy atom. The normalized spacial score (nSPS) is 18.0. The fraction of sp³-hybridized carbons (Fsp3) is 0.600. The van der Waals surface area contributed by atoms with Crippen molar-refractivity contribution in [1.82, 2.24) is 15.2 Å². The smallest absolute Gasteiger partial charge is 0.270 e. The van der Waals surface area contributed by atoms with Gasteiger partial charge in [-0.15, -0.1) is 0 Å². The predicted octanol–water partition coefficient (Wildman–Crippen LogP) is 2.73. The van der Waals surface area contributed by atoms with Gasteiger partial charge in [-0.3, -0.25) is 14.7 Å². The highest BCUT2D eigenvalue weighted by atomic mass is 35.5. The Hall–Kier alpha value is -1.13. The Morgan fingerprint density at radius 1 is 1.40 bits per heavy atom. The van der Waals surface area contributed by atoms with E-state index in [4.69, 9.17) is 11.6 Å². The lowest BCUT2D eigenvalue weighted by atomic mass is 9.98. The van der Waals surface area contributed by atoms with E-state index in [2.05, 4.69) is 36.0 Å². The molecule has 0 aromatic carbocycles. The SMILES string of the molecule is CC(C)(C)N1CCC(NC(=O)c2cc(Cl)ccn2)CC1. The number of hydrogen-bond donors (Lipinski definition) is 1. The molecule has 0 saturated carbocycles. The van der Waals surface area contributed by atoms with Gasteiger partial charge in [0.25, 0.3) is 5.91 Å². The van der Waals surface area contributed by atoms with Crippen molar-refractivity contribution in [3.05, 3.63) is 29.0 Å². The molecule has 2 rings (SSSR count). The summed E-state index contributed by atoms with van der Waals surface area (Å²) in [7, 11) is 0. The van der Waals surface area contributed by atoms with Gasteiger partial charge < -0.3 is 5.32 Å². The molecule has 0 aliphatic carbocycles. The summed E-state index contributed by atoms with van der Waals surface area (Å²) >= 11 is 5.87. The van der Waals surface area contributed by atoms with E-state index in [0.29, 0.717) is 10.7 Å². The first-order valence-electron chi connectivity index (χ1n) is 7.04. The molecule has 110 valence electrons. The summed E-state index contributed by atoms with van der Waals surface area (Å²) in [5, 5.41) is 3.58. The molecule has 5 heteroatoms. The van der Waals surface area contributed by atoms with Gasteiger partial charge in [0.2, 0.25) is 0 Å². The number of amides is 1. The zero-order valence-electron chi connectivity index (χ0n) is 12.3. The maximum Gasteiger partial charge on any atom is 0.270 e. The van der Waals surface area contributed by atoms with Crippen LogP contribution in [0.1, 0.15) is 44.1 Å².